The third-order valence-corrected chi connectivity index (χ3v) is 3.88. The second-order valence-electron chi connectivity index (χ2n) is 6.10. The molecule has 0 aromatic carbocycles. The number of aromatic nitrogens is 3. The van der Waals surface area contributed by atoms with Crippen LogP contribution in [0.2, 0.25) is 0 Å². The molecule has 0 bridgehead atoms. The average molecular weight is 294 g/mol. The van der Waals surface area contributed by atoms with Gasteiger partial charge in [0.05, 0.1) is 11.4 Å². The fraction of sp³-hybridized carbons (Fsp3) is 0.389. The maximum Gasteiger partial charge on any atom is 0.0697 e. The van der Waals surface area contributed by atoms with Crippen molar-refractivity contribution in [2.45, 2.75) is 33.1 Å². The van der Waals surface area contributed by atoms with Crippen molar-refractivity contribution < 1.29 is 0 Å². The second-order valence-corrected chi connectivity index (χ2v) is 6.10. The number of rotatable bonds is 4. The Kier molecular flexibility index (Phi) is 4.47. The summed E-state index contributed by atoms with van der Waals surface area (Å²) < 4.78 is 0. The molecule has 4 heteroatoms. The van der Waals surface area contributed by atoms with Crippen molar-refractivity contribution in [3.63, 3.8) is 0 Å². The standard InChI is InChI=1S/C18H22N4/c1-13(2)11-16(17-7-10-21-22-17)15-6-4-9-20-18(15)14-5-3-8-19-12-14/h3,5,7-8,10,12-13H,4,6,9,11H2,1-2H3,(H,21,22). The van der Waals surface area contributed by atoms with Gasteiger partial charge in [-0.1, -0.05) is 13.8 Å². The Balaban J connectivity index is 2.10. The van der Waals surface area contributed by atoms with E-state index in [2.05, 4.69) is 41.2 Å². The van der Waals surface area contributed by atoms with E-state index >= 15 is 0 Å². The van der Waals surface area contributed by atoms with Gasteiger partial charge in [-0.2, -0.15) is 5.10 Å². The Morgan fingerprint density at radius 3 is 2.86 bits per heavy atom. The summed E-state index contributed by atoms with van der Waals surface area (Å²) in [5.74, 6) is 0.586. The minimum Gasteiger partial charge on any atom is -0.284 e. The molecule has 3 rings (SSSR count). The smallest absolute Gasteiger partial charge is 0.0697 e. The van der Waals surface area contributed by atoms with Gasteiger partial charge >= 0.3 is 0 Å². The van der Waals surface area contributed by atoms with Crippen LogP contribution in [0.25, 0.3) is 5.57 Å². The number of H-pyrrole nitrogens is 1. The Morgan fingerprint density at radius 2 is 2.18 bits per heavy atom. The topological polar surface area (TPSA) is 53.9 Å². The molecule has 0 saturated heterocycles. The van der Waals surface area contributed by atoms with Gasteiger partial charge < -0.3 is 0 Å². The highest BCUT2D eigenvalue weighted by molar-refractivity contribution is 6.16. The number of hydrogen-bond acceptors (Lipinski definition) is 3. The maximum absolute atomic E-state index is 4.80. The van der Waals surface area contributed by atoms with E-state index in [1.54, 1.807) is 6.20 Å². The molecular formula is C18H22N4. The van der Waals surface area contributed by atoms with Gasteiger partial charge in [0.15, 0.2) is 0 Å². The first-order valence-electron chi connectivity index (χ1n) is 7.92. The monoisotopic (exact) mass is 294 g/mol. The summed E-state index contributed by atoms with van der Waals surface area (Å²) in [5, 5.41) is 7.27. The van der Waals surface area contributed by atoms with Crippen molar-refractivity contribution in [1.82, 2.24) is 15.2 Å². The second kappa shape index (κ2) is 6.69. The zero-order chi connectivity index (χ0) is 15.4. The highest BCUT2D eigenvalue weighted by Crippen LogP contribution is 2.31. The minimum absolute atomic E-state index is 0.586. The van der Waals surface area contributed by atoms with E-state index in [-0.39, 0.29) is 0 Å². The number of aromatic amines is 1. The summed E-state index contributed by atoms with van der Waals surface area (Å²) in [6, 6.07) is 6.12. The molecular weight excluding hydrogens is 272 g/mol. The quantitative estimate of drug-likeness (QED) is 0.930. The van der Waals surface area contributed by atoms with Crippen LogP contribution in [0.1, 0.15) is 44.4 Å². The maximum atomic E-state index is 4.80. The molecule has 2 aromatic heterocycles. The molecule has 4 nitrogen and oxygen atoms in total. The van der Waals surface area contributed by atoms with Gasteiger partial charge in [-0.3, -0.25) is 15.1 Å². The van der Waals surface area contributed by atoms with Crippen LogP contribution in [0, 0.1) is 5.92 Å². The van der Waals surface area contributed by atoms with Gasteiger partial charge in [0.1, 0.15) is 0 Å². The highest BCUT2D eigenvalue weighted by atomic mass is 15.1. The molecule has 22 heavy (non-hydrogen) atoms. The highest BCUT2D eigenvalue weighted by Gasteiger charge is 2.20. The Morgan fingerprint density at radius 1 is 1.27 bits per heavy atom. The molecule has 0 aliphatic carbocycles. The average Bonchev–Trinajstić information content (AvgIpc) is 3.07. The van der Waals surface area contributed by atoms with E-state index in [0.717, 1.165) is 42.8 Å². The van der Waals surface area contributed by atoms with Crippen molar-refractivity contribution in [2.24, 2.45) is 10.9 Å². The first-order valence-corrected chi connectivity index (χ1v) is 7.92. The zero-order valence-electron chi connectivity index (χ0n) is 13.2. The molecule has 0 fully saturated rings. The Labute approximate surface area is 131 Å². The van der Waals surface area contributed by atoms with Gasteiger partial charge in [0, 0.05) is 30.7 Å². The number of hydrogen-bond donors (Lipinski definition) is 1. The number of aliphatic imine (C=N–C) groups is 1. The molecule has 0 saturated carbocycles. The third-order valence-electron chi connectivity index (χ3n) is 3.88. The van der Waals surface area contributed by atoms with E-state index in [4.69, 9.17) is 4.99 Å². The van der Waals surface area contributed by atoms with Gasteiger partial charge in [-0.15, -0.1) is 0 Å². The summed E-state index contributed by atoms with van der Waals surface area (Å²) >= 11 is 0. The molecule has 0 unspecified atom stereocenters. The van der Waals surface area contributed by atoms with Gasteiger partial charge in [-0.05, 0) is 54.5 Å². The van der Waals surface area contributed by atoms with Crippen LogP contribution >= 0.6 is 0 Å². The lowest BCUT2D eigenvalue weighted by molar-refractivity contribution is 0.668. The largest absolute Gasteiger partial charge is 0.284 e. The Bertz CT molecular complexity index is 666. The number of nitrogens with one attached hydrogen (secondary N) is 1. The van der Waals surface area contributed by atoms with Crippen LogP contribution < -0.4 is 0 Å². The molecule has 1 N–H and O–H groups in total. The van der Waals surface area contributed by atoms with E-state index in [1.807, 2.05) is 18.5 Å². The van der Waals surface area contributed by atoms with Gasteiger partial charge in [-0.25, -0.2) is 0 Å². The van der Waals surface area contributed by atoms with Crippen LogP contribution in [0.3, 0.4) is 0 Å². The third kappa shape index (κ3) is 3.16. The van der Waals surface area contributed by atoms with Crippen LogP contribution in [0.5, 0.6) is 0 Å². The molecule has 2 aromatic rings. The summed E-state index contributed by atoms with van der Waals surface area (Å²) in [5.41, 5.74) is 6.01. The van der Waals surface area contributed by atoms with Crippen molar-refractivity contribution in [3.8, 4) is 0 Å². The van der Waals surface area contributed by atoms with Crippen LogP contribution in [0.4, 0.5) is 0 Å². The van der Waals surface area contributed by atoms with Gasteiger partial charge in [0.2, 0.25) is 0 Å². The van der Waals surface area contributed by atoms with Crippen molar-refractivity contribution in [1.29, 1.82) is 0 Å². The SMILES string of the molecule is CC(C)CC(=C1CCCN=C1c1cccnc1)c1ccn[nH]1. The molecule has 0 amide bonds. The lowest BCUT2D eigenvalue weighted by Gasteiger charge is -2.21. The molecule has 1 aliphatic heterocycles. The minimum atomic E-state index is 0.586. The summed E-state index contributed by atoms with van der Waals surface area (Å²) in [4.78, 5) is 9.06. The molecule has 0 atom stereocenters. The first-order chi connectivity index (χ1) is 10.8. The van der Waals surface area contributed by atoms with Gasteiger partial charge in [0.25, 0.3) is 0 Å². The fourth-order valence-electron chi connectivity index (χ4n) is 2.95. The summed E-state index contributed by atoms with van der Waals surface area (Å²) in [6.45, 7) is 5.40. The molecule has 3 heterocycles. The predicted molar refractivity (Wildman–Crippen MR) is 89.8 cm³/mol. The number of allylic oxidation sites excluding steroid dienone is 2. The lowest BCUT2D eigenvalue weighted by Crippen LogP contribution is -2.15. The molecule has 1 aliphatic rings. The molecule has 0 radical (unpaired) electrons. The normalized spacial score (nSPS) is 17.5. The van der Waals surface area contributed by atoms with Crippen molar-refractivity contribution in [2.75, 3.05) is 6.54 Å². The number of nitrogens with zero attached hydrogens (tertiary/aromatic N) is 3. The van der Waals surface area contributed by atoms with Crippen LogP contribution in [0.15, 0.2) is 47.4 Å². The first kappa shape index (κ1) is 14.7. The van der Waals surface area contributed by atoms with Crippen LogP contribution in [-0.2, 0) is 0 Å². The lowest BCUT2D eigenvalue weighted by atomic mass is 9.87. The van der Waals surface area contributed by atoms with E-state index in [0.29, 0.717) is 5.92 Å². The van der Waals surface area contributed by atoms with Crippen LogP contribution in [-0.4, -0.2) is 27.4 Å². The predicted octanol–water partition coefficient (Wildman–Crippen LogP) is 3.89. The summed E-state index contributed by atoms with van der Waals surface area (Å²) in [6.07, 6.45) is 8.73. The number of pyridine rings is 1. The van der Waals surface area contributed by atoms with E-state index in [1.165, 1.54) is 11.1 Å². The molecule has 0 spiro atoms. The zero-order valence-corrected chi connectivity index (χ0v) is 13.2. The van der Waals surface area contributed by atoms with Crippen molar-refractivity contribution in [3.05, 3.63) is 53.6 Å². The Hall–Kier alpha value is -2.23. The van der Waals surface area contributed by atoms with E-state index < -0.39 is 0 Å². The summed E-state index contributed by atoms with van der Waals surface area (Å²) in [7, 11) is 0. The van der Waals surface area contributed by atoms with E-state index in [9.17, 15) is 0 Å². The van der Waals surface area contributed by atoms with Crippen molar-refractivity contribution >= 4 is 11.3 Å². The molecule has 114 valence electrons. The fourth-order valence-corrected chi connectivity index (χ4v) is 2.95.